The third-order valence-electron chi connectivity index (χ3n) is 1.99. The van der Waals surface area contributed by atoms with E-state index in [2.05, 4.69) is 10.3 Å². The Morgan fingerprint density at radius 2 is 2.40 bits per heavy atom. The molecule has 5 heteroatoms. The fourth-order valence-electron chi connectivity index (χ4n) is 1.27. The molecule has 0 saturated carbocycles. The van der Waals surface area contributed by atoms with E-state index in [0.29, 0.717) is 12.4 Å². The molecule has 3 N–H and O–H groups in total. The van der Waals surface area contributed by atoms with Crippen LogP contribution in [0.15, 0.2) is 18.3 Å². The van der Waals surface area contributed by atoms with Gasteiger partial charge in [0.1, 0.15) is 6.04 Å². The van der Waals surface area contributed by atoms with Gasteiger partial charge in [-0.15, -0.1) is 0 Å². The number of nitrogens with zero attached hydrogens (tertiary/aromatic N) is 1. The summed E-state index contributed by atoms with van der Waals surface area (Å²) in [7, 11) is 1.54. The fourth-order valence-corrected chi connectivity index (χ4v) is 1.27. The molecule has 1 unspecified atom stereocenters. The van der Waals surface area contributed by atoms with Crippen LogP contribution in [-0.2, 0) is 4.79 Å². The summed E-state index contributed by atoms with van der Waals surface area (Å²) in [5.74, 6) is 0.0993. The van der Waals surface area contributed by atoms with Crippen molar-refractivity contribution in [3.63, 3.8) is 0 Å². The standard InChI is InChI=1S/C10H15N3O2/c1-3-12-9(10(11)14)7-4-5-8(15-2)13-6-7/h4-6,9,12H,3H2,1-2H3,(H2,11,14). The number of methoxy groups -OCH3 is 1. The molecule has 0 aliphatic carbocycles. The number of nitrogens with two attached hydrogens (primary N) is 1. The van der Waals surface area contributed by atoms with Crippen LogP contribution in [0.5, 0.6) is 5.88 Å². The Hall–Kier alpha value is -1.62. The third-order valence-corrected chi connectivity index (χ3v) is 1.99. The Morgan fingerprint density at radius 3 is 2.80 bits per heavy atom. The predicted octanol–water partition coefficient (Wildman–Crippen LogP) is 0.226. The van der Waals surface area contributed by atoms with Crippen molar-refractivity contribution in [2.75, 3.05) is 13.7 Å². The van der Waals surface area contributed by atoms with E-state index in [-0.39, 0.29) is 0 Å². The van der Waals surface area contributed by atoms with Crippen molar-refractivity contribution >= 4 is 5.91 Å². The summed E-state index contributed by atoms with van der Waals surface area (Å²) in [4.78, 5) is 15.2. The van der Waals surface area contributed by atoms with Crippen LogP contribution in [0.2, 0.25) is 0 Å². The Kier molecular flexibility index (Phi) is 4.05. The van der Waals surface area contributed by atoms with E-state index in [4.69, 9.17) is 10.5 Å². The lowest BCUT2D eigenvalue weighted by Crippen LogP contribution is -2.33. The molecular formula is C10H15N3O2. The summed E-state index contributed by atoms with van der Waals surface area (Å²) < 4.78 is 4.92. The quantitative estimate of drug-likeness (QED) is 0.727. The number of primary amides is 1. The minimum absolute atomic E-state index is 0.413. The van der Waals surface area contributed by atoms with Gasteiger partial charge in [-0.25, -0.2) is 4.98 Å². The summed E-state index contributed by atoms with van der Waals surface area (Å²) in [6.45, 7) is 2.58. The molecule has 1 aromatic heterocycles. The molecule has 15 heavy (non-hydrogen) atoms. The average molecular weight is 209 g/mol. The van der Waals surface area contributed by atoms with E-state index in [1.807, 2.05) is 6.92 Å². The van der Waals surface area contributed by atoms with Gasteiger partial charge in [0.25, 0.3) is 0 Å². The maximum absolute atomic E-state index is 11.1. The Labute approximate surface area is 88.6 Å². The van der Waals surface area contributed by atoms with E-state index < -0.39 is 11.9 Å². The number of aromatic nitrogens is 1. The maximum atomic E-state index is 11.1. The second kappa shape index (κ2) is 5.31. The highest BCUT2D eigenvalue weighted by molar-refractivity contribution is 5.81. The normalized spacial score (nSPS) is 12.1. The maximum Gasteiger partial charge on any atom is 0.239 e. The van der Waals surface area contributed by atoms with E-state index in [1.54, 1.807) is 18.3 Å². The molecule has 1 amide bonds. The van der Waals surface area contributed by atoms with Gasteiger partial charge >= 0.3 is 0 Å². The number of nitrogens with one attached hydrogen (secondary N) is 1. The van der Waals surface area contributed by atoms with Gasteiger partial charge < -0.3 is 15.8 Å². The first-order chi connectivity index (χ1) is 7.19. The lowest BCUT2D eigenvalue weighted by Gasteiger charge is -2.14. The third kappa shape index (κ3) is 2.92. The zero-order valence-electron chi connectivity index (χ0n) is 8.86. The lowest BCUT2D eigenvalue weighted by atomic mass is 10.1. The molecule has 1 atom stereocenters. The number of carbonyl (C=O) groups excluding carboxylic acids is 1. The Morgan fingerprint density at radius 1 is 1.67 bits per heavy atom. The van der Waals surface area contributed by atoms with Crippen LogP contribution in [-0.4, -0.2) is 24.5 Å². The van der Waals surface area contributed by atoms with Crippen molar-refractivity contribution in [1.82, 2.24) is 10.3 Å². The molecule has 0 fully saturated rings. The van der Waals surface area contributed by atoms with Crippen molar-refractivity contribution in [2.24, 2.45) is 5.73 Å². The molecule has 1 rings (SSSR count). The van der Waals surface area contributed by atoms with Crippen molar-refractivity contribution in [1.29, 1.82) is 0 Å². The first kappa shape index (κ1) is 11.5. The molecule has 0 radical (unpaired) electrons. The number of pyridine rings is 1. The highest BCUT2D eigenvalue weighted by Gasteiger charge is 2.16. The number of likely N-dealkylation sites (N-methyl/N-ethyl adjacent to an activating group) is 1. The molecule has 0 aliphatic heterocycles. The van der Waals surface area contributed by atoms with Gasteiger partial charge in [-0.1, -0.05) is 13.0 Å². The van der Waals surface area contributed by atoms with Crippen LogP contribution in [0.25, 0.3) is 0 Å². The summed E-state index contributed by atoms with van der Waals surface area (Å²) in [5, 5.41) is 2.98. The number of hydrogen-bond acceptors (Lipinski definition) is 4. The topological polar surface area (TPSA) is 77.2 Å². The molecule has 0 bridgehead atoms. The molecule has 1 heterocycles. The highest BCUT2D eigenvalue weighted by Crippen LogP contribution is 2.14. The number of ether oxygens (including phenoxy) is 1. The van der Waals surface area contributed by atoms with Crippen molar-refractivity contribution in [3.05, 3.63) is 23.9 Å². The van der Waals surface area contributed by atoms with Crippen LogP contribution in [0, 0.1) is 0 Å². The van der Waals surface area contributed by atoms with Gasteiger partial charge in [-0.3, -0.25) is 4.79 Å². The fraction of sp³-hybridized carbons (Fsp3) is 0.400. The van der Waals surface area contributed by atoms with Crippen LogP contribution in [0.3, 0.4) is 0 Å². The molecule has 0 spiro atoms. The van der Waals surface area contributed by atoms with Gasteiger partial charge in [0.15, 0.2) is 0 Å². The summed E-state index contributed by atoms with van der Waals surface area (Å²) in [6.07, 6.45) is 1.58. The molecule has 1 aromatic rings. The summed E-state index contributed by atoms with van der Waals surface area (Å²) >= 11 is 0. The minimum atomic E-state index is -0.492. The average Bonchev–Trinajstić information content (AvgIpc) is 2.26. The van der Waals surface area contributed by atoms with Crippen LogP contribution < -0.4 is 15.8 Å². The molecule has 0 aliphatic rings. The monoisotopic (exact) mass is 209 g/mol. The van der Waals surface area contributed by atoms with E-state index in [0.717, 1.165) is 5.56 Å². The van der Waals surface area contributed by atoms with Crippen molar-refractivity contribution in [3.8, 4) is 5.88 Å². The number of rotatable bonds is 5. The molecule has 0 aromatic carbocycles. The zero-order chi connectivity index (χ0) is 11.3. The molecule has 82 valence electrons. The van der Waals surface area contributed by atoms with Gasteiger partial charge in [0.2, 0.25) is 11.8 Å². The van der Waals surface area contributed by atoms with Gasteiger partial charge in [0.05, 0.1) is 7.11 Å². The van der Waals surface area contributed by atoms with Crippen LogP contribution in [0.4, 0.5) is 0 Å². The summed E-state index contributed by atoms with van der Waals surface area (Å²) in [6, 6.07) is 2.97. The molecule has 5 nitrogen and oxygen atoms in total. The van der Waals surface area contributed by atoms with E-state index in [9.17, 15) is 4.79 Å². The van der Waals surface area contributed by atoms with Gasteiger partial charge in [0, 0.05) is 12.3 Å². The Balaban J connectivity index is 2.86. The number of hydrogen-bond donors (Lipinski definition) is 2. The van der Waals surface area contributed by atoms with Crippen LogP contribution >= 0.6 is 0 Å². The van der Waals surface area contributed by atoms with Crippen molar-refractivity contribution in [2.45, 2.75) is 13.0 Å². The molecule has 0 saturated heterocycles. The SMILES string of the molecule is CCNC(C(N)=O)c1ccc(OC)nc1. The first-order valence-electron chi connectivity index (χ1n) is 4.71. The van der Waals surface area contributed by atoms with Crippen LogP contribution in [0.1, 0.15) is 18.5 Å². The van der Waals surface area contributed by atoms with Crippen molar-refractivity contribution < 1.29 is 9.53 Å². The Bertz CT molecular complexity index is 324. The van der Waals surface area contributed by atoms with E-state index in [1.165, 1.54) is 7.11 Å². The number of carbonyl (C=O) groups is 1. The second-order valence-corrected chi connectivity index (χ2v) is 3.03. The van der Waals surface area contributed by atoms with E-state index >= 15 is 0 Å². The predicted molar refractivity (Wildman–Crippen MR) is 56.4 cm³/mol. The highest BCUT2D eigenvalue weighted by atomic mass is 16.5. The zero-order valence-corrected chi connectivity index (χ0v) is 8.86. The van der Waals surface area contributed by atoms with Gasteiger partial charge in [-0.05, 0) is 12.1 Å². The second-order valence-electron chi connectivity index (χ2n) is 3.03. The lowest BCUT2D eigenvalue weighted by molar-refractivity contribution is -0.120. The smallest absolute Gasteiger partial charge is 0.239 e. The van der Waals surface area contributed by atoms with Gasteiger partial charge in [-0.2, -0.15) is 0 Å². The largest absolute Gasteiger partial charge is 0.481 e. The minimum Gasteiger partial charge on any atom is -0.481 e. The number of amides is 1. The first-order valence-corrected chi connectivity index (χ1v) is 4.71. The molecular weight excluding hydrogens is 194 g/mol. The summed E-state index contributed by atoms with van der Waals surface area (Å²) in [5.41, 5.74) is 6.01.